The van der Waals surface area contributed by atoms with Crippen LogP contribution in [0.2, 0.25) is 0 Å². The highest BCUT2D eigenvalue weighted by molar-refractivity contribution is 9.09. The fourth-order valence-electron chi connectivity index (χ4n) is 1.56. The highest BCUT2D eigenvalue weighted by atomic mass is 79.9. The van der Waals surface area contributed by atoms with Gasteiger partial charge in [0.1, 0.15) is 0 Å². The number of aliphatic carboxylic acids is 1. The number of carboxylic acid groups (broad SMARTS) is 1. The van der Waals surface area contributed by atoms with E-state index < -0.39 is 11.4 Å². The third-order valence-corrected chi connectivity index (χ3v) is 3.80. The largest absolute Gasteiger partial charge is 0.481 e. The van der Waals surface area contributed by atoms with Gasteiger partial charge >= 0.3 is 5.97 Å². The highest BCUT2D eigenvalue weighted by Gasteiger charge is 2.35. The van der Waals surface area contributed by atoms with Crippen LogP contribution in [-0.2, 0) is 4.79 Å². The van der Waals surface area contributed by atoms with E-state index in [2.05, 4.69) is 29.8 Å². The van der Waals surface area contributed by atoms with E-state index in [1.807, 2.05) is 0 Å². The quantitative estimate of drug-likeness (QED) is 0.677. The van der Waals surface area contributed by atoms with Crippen molar-refractivity contribution in [2.75, 3.05) is 5.33 Å². The molecule has 0 aliphatic heterocycles. The van der Waals surface area contributed by atoms with Crippen LogP contribution in [-0.4, -0.2) is 16.4 Å². The molecule has 3 heteroatoms. The predicted molar refractivity (Wildman–Crippen MR) is 62.9 cm³/mol. The lowest BCUT2D eigenvalue weighted by Crippen LogP contribution is -2.32. The van der Waals surface area contributed by atoms with Gasteiger partial charge in [0.15, 0.2) is 0 Å². The lowest BCUT2D eigenvalue weighted by atomic mass is 9.80. The van der Waals surface area contributed by atoms with Gasteiger partial charge in [0, 0.05) is 5.33 Å². The summed E-state index contributed by atoms with van der Waals surface area (Å²) < 4.78 is 0. The van der Waals surface area contributed by atoms with Gasteiger partial charge in [0.05, 0.1) is 5.41 Å². The van der Waals surface area contributed by atoms with Crippen LogP contribution < -0.4 is 0 Å². The third kappa shape index (κ3) is 3.99. The summed E-state index contributed by atoms with van der Waals surface area (Å²) in [6, 6.07) is 0. The van der Waals surface area contributed by atoms with E-state index >= 15 is 0 Å². The van der Waals surface area contributed by atoms with Crippen molar-refractivity contribution >= 4 is 21.9 Å². The highest BCUT2D eigenvalue weighted by Crippen LogP contribution is 2.33. The minimum atomic E-state index is -0.642. The van der Waals surface area contributed by atoms with Gasteiger partial charge in [-0.3, -0.25) is 4.79 Å². The molecule has 2 nitrogen and oxygen atoms in total. The van der Waals surface area contributed by atoms with Crippen LogP contribution in [0, 0.1) is 5.41 Å². The Kier molecular flexibility index (Phi) is 7.24. The number of rotatable bonds is 8. The molecule has 0 fully saturated rings. The maximum atomic E-state index is 11.2. The minimum Gasteiger partial charge on any atom is -0.481 e. The van der Waals surface area contributed by atoms with Crippen molar-refractivity contribution in [3.8, 4) is 0 Å². The van der Waals surface area contributed by atoms with Crippen LogP contribution in [0.25, 0.3) is 0 Å². The second kappa shape index (κ2) is 7.27. The first kappa shape index (κ1) is 13.9. The second-order valence-corrected chi connectivity index (χ2v) is 4.49. The molecule has 0 aromatic heterocycles. The number of hydrogen-bond acceptors (Lipinski definition) is 1. The molecule has 0 amide bonds. The molecule has 84 valence electrons. The molecule has 0 rings (SSSR count). The summed E-state index contributed by atoms with van der Waals surface area (Å²) in [5.74, 6) is -0.642. The molecular weight excluding hydrogens is 244 g/mol. The van der Waals surface area contributed by atoms with Crippen LogP contribution in [0.15, 0.2) is 0 Å². The summed E-state index contributed by atoms with van der Waals surface area (Å²) in [5.41, 5.74) is -0.522. The first-order chi connectivity index (χ1) is 6.63. The predicted octanol–water partition coefficient (Wildman–Crippen LogP) is 3.83. The third-order valence-electron chi connectivity index (χ3n) is 2.73. The molecule has 0 atom stereocenters. The Bertz CT molecular complexity index is 161. The molecule has 0 bridgehead atoms. The molecule has 0 aromatic carbocycles. The van der Waals surface area contributed by atoms with Crippen molar-refractivity contribution in [1.29, 1.82) is 0 Å². The molecule has 0 saturated carbocycles. The number of hydrogen-bond donors (Lipinski definition) is 1. The standard InChI is InChI=1S/C11H21BrO2/c1-3-5-7-11(9-12,10(13)14)8-6-4-2/h3-9H2,1-2H3,(H,13,14). The van der Waals surface area contributed by atoms with E-state index in [0.717, 1.165) is 38.5 Å². The zero-order valence-corrected chi connectivity index (χ0v) is 10.8. The van der Waals surface area contributed by atoms with Gasteiger partial charge in [-0.1, -0.05) is 55.5 Å². The Balaban J connectivity index is 4.35. The van der Waals surface area contributed by atoms with Gasteiger partial charge in [-0.25, -0.2) is 0 Å². The number of alkyl halides is 1. The number of carbonyl (C=O) groups is 1. The maximum absolute atomic E-state index is 11.2. The van der Waals surface area contributed by atoms with E-state index in [0.29, 0.717) is 5.33 Å². The first-order valence-corrected chi connectivity index (χ1v) is 6.54. The Morgan fingerprint density at radius 3 is 1.86 bits per heavy atom. The van der Waals surface area contributed by atoms with Gasteiger partial charge < -0.3 is 5.11 Å². The fraction of sp³-hybridized carbons (Fsp3) is 0.909. The summed E-state index contributed by atoms with van der Waals surface area (Å²) in [5, 5.41) is 9.83. The number of halogens is 1. The van der Waals surface area contributed by atoms with Crippen LogP contribution in [0.1, 0.15) is 52.4 Å². The van der Waals surface area contributed by atoms with Gasteiger partial charge in [-0.05, 0) is 12.8 Å². The monoisotopic (exact) mass is 264 g/mol. The van der Waals surface area contributed by atoms with Gasteiger partial charge in [-0.15, -0.1) is 0 Å². The van der Waals surface area contributed by atoms with Crippen LogP contribution in [0.3, 0.4) is 0 Å². The summed E-state index contributed by atoms with van der Waals surface area (Å²) in [6.45, 7) is 4.20. The smallest absolute Gasteiger partial charge is 0.310 e. The summed E-state index contributed by atoms with van der Waals surface area (Å²) in [6.07, 6.45) is 5.72. The molecule has 0 aliphatic carbocycles. The van der Waals surface area contributed by atoms with E-state index in [1.165, 1.54) is 0 Å². The summed E-state index contributed by atoms with van der Waals surface area (Å²) >= 11 is 3.35. The number of carboxylic acids is 1. The lowest BCUT2D eigenvalue weighted by Gasteiger charge is -2.27. The van der Waals surface area contributed by atoms with Crippen molar-refractivity contribution in [2.24, 2.45) is 5.41 Å². The molecule has 0 radical (unpaired) electrons. The maximum Gasteiger partial charge on any atom is 0.310 e. The van der Waals surface area contributed by atoms with E-state index in [9.17, 15) is 9.90 Å². The molecular formula is C11H21BrO2. The van der Waals surface area contributed by atoms with Gasteiger partial charge in [0.25, 0.3) is 0 Å². The Labute approximate surface area is 95.2 Å². The molecule has 0 spiro atoms. The summed E-state index contributed by atoms with van der Waals surface area (Å²) in [4.78, 5) is 11.2. The summed E-state index contributed by atoms with van der Waals surface area (Å²) in [7, 11) is 0. The first-order valence-electron chi connectivity index (χ1n) is 5.42. The number of unbranched alkanes of at least 4 members (excludes halogenated alkanes) is 2. The fourth-order valence-corrected chi connectivity index (χ4v) is 2.36. The lowest BCUT2D eigenvalue weighted by molar-refractivity contribution is -0.148. The van der Waals surface area contributed by atoms with E-state index in [-0.39, 0.29) is 0 Å². The van der Waals surface area contributed by atoms with Crippen molar-refractivity contribution in [3.63, 3.8) is 0 Å². The van der Waals surface area contributed by atoms with Crippen molar-refractivity contribution in [1.82, 2.24) is 0 Å². The topological polar surface area (TPSA) is 37.3 Å². The molecule has 14 heavy (non-hydrogen) atoms. The average Bonchev–Trinajstić information content (AvgIpc) is 2.18. The second-order valence-electron chi connectivity index (χ2n) is 3.93. The zero-order valence-electron chi connectivity index (χ0n) is 9.18. The van der Waals surface area contributed by atoms with Crippen molar-refractivity contribution < 1.29 is 9.90 Å². The van der Waals surface area contributed by atoms with Crippen molar-refractivity contribution in [3.05, 3.63) is 0 Å². The molecule has 0 aliphatic rings. The Hall–Kier alpha value is -0.0500. The van der Waals surface area contributed by atoms with Crippen molar-refractivity contribution in [2.45, 2.75) is 52.4 Å². The normalized spacial score (nSPS) is 11.6. The van der Waals surface area contributed by atoms with Gasteiger partial charge in [0.2, 0.25) is 0 Å². The van der Waals surface area contributed by atoms with E-state index in [1.54, 1.807) is 0 Å². The van der Waals surface area contributed by atoms with Crippen LogP contribution >= 0.6 is 15.9 Å². The van der Waals surface area contributed by atoms with Crippen LogP contribution in [0.5, 0.6) is 0 Å². The molecule has 0 saturated heterocycles. The van der Waals surface area contributed by atoms with E-state index in [4.69, 9.17) is 0 Å². The molecule has 0 unspecified atom stereocenters. The molecule has 0 heterocycles. The zero-order chi connectivity index (χ0) is 11.0. The Morgan fingerprint density at radius 1 is 1.21 bits per heavy atom. The van der Waals surface area contributed by atoms with Crippen LogP contribution in [0.4, 0.5) is 0 Å². The SMILES string of the molecule is CCCCC(CBr)(CCCC)C(=O)O. The Morgan fingerprint density at radius 2 is 1.64 bits per heavy atom. The molecule has 1 N–H and O–H groups in total. The average molecular weight is 265 g/mol. The van der Waals surface area contributed by atoms with Gasteiger partial charge in [-0.2, -0.15) is 0 Å². The molecule has 0 aromatic rings. The minimum absolute atomic E-state index is 0.522.